The average Bonchev–Trinajstić information content (AvgIpc) is 2.65. The lowest BCUT2D eigenvalue weighted by Gasteiger charge is -2.08. The highest BCUT2D eigenvalue weighted by Gasteiger charge is 2.11. The monoisotopic (exact) mass is 382 g/mol. The van der Waals surface area contributed by atoms with E-state index in [0.717, 1.165) is 5.56 Å². The van der Waals surface area contributed by atoms with Gasteiger partial charge in [0.05, 0.1) is 6.42 Å². The molecule has 0 aliphatic carbocycles. The maximum absolute atomic E-state index is 11.9. The number of anilines is 2. The molecule has 28 heavy (non-hydrogen) atoms. The van der Waals surface area contributed by atoms with Gasteiger partial charge >= 0.3 is 5.97 Å². The first-order valence-corrected chi connectivity index (χ1v) is 8.76. The number of amides is 2. The van der Waals surface area contributed by atoms with Crippen LogP contribution in [0.3, 0.4) is 0 Å². The van der Waals surface area contributed by atoms with E-state index < -0.39 is 18.5 Å². The van der Waals surface area contributed by atoms with Crippen LogP contribution in [-0.4, -0.2) is 30.2 Å². The number of Topliss-reactive ketones (excluding diaryl/α,β-unsaturated/α-hetero) is 1. The predicted octanol–water partition coefficient (Wildman–Crippen LogP) is 3.10. The van der Waals surface area contributed by atoms with Crippen LogP contribution in [0.25, 0.3) is 0 Å². The largest absolute Gasteiger partial charge is 0.456 e. The van der Waals surface area contributed by atoms with Gasteiger partial charge in [-0.1, -0.05) is 12.1 Å². The number of aryl methyl sites for hydroxylation is 1. The van der Waals surface area contributed by atoms with E-state index in [-0.39, 0.29) is 24.5 Å². The molecule has 0 bridgehead atoms. The molecule has 0 spiro atoms. The standard InChI is InChI=1S/C21H22N2O5/c1-14-4-3-5-18(12-14)23-20(26)13-28-21(27)11-10-19(25)22-17-8-6-16(7-9-17)15(2)24/h3-9,12H,10-11,13H2,1-2H3,(H,22,25)(H,23,26). The van der Waals surface area contributed by atoms with Gasteiger partial charge in [-0.3, -0.25) is 19.2 Å². The summed E-state index contributed by atoms with van der Waals surface area (Å²) in [5.74, 6) is -1.51. The number of ether oxygens (including phenoxy) is 1. The Morgan fingerprint density at radius 3 is 2.18 bits per heavy atom. The molecule has 2 amide bonds. The third-order valence-corrected chi connectivity index (χ3v) is 3.80. The number of hydrogen-bond donors (Lipinski definition) is 2. The first-order valence-electron chi connectivity index (χ1n) is 8.76. The minimum Gasteiger partial charge on any atom is -0.456 e. The molecule has 0 atom stereocenters. The summed E-state index contributed by atoms with van der Waals surface area (Å²) >= 11 is 0. The van der Waals surface area contributed by atoms with Gasteiger partial charge in [0.2, 0.25) is 5.91 Å². The summed E-state index contributed by atoms with van der Waals surface area (Å²) < 4.78 is 4.88. The van der Waals surface area contributed by atoms with Gasteiger partial charge in [0.25, 0.3) is 5.91 Å². The van der Waals surface area contributed by atoms with Crippen molar-refractivity contribution >= 4 is 34.9 Å². The van der Waals surface area contributed by atoms with Gasteiger partial charge in [0, 0.05) is 23.4 Å². The van der Waals surface area contributed by atoms with E-state index in [4.69, 9.17) is 4.74 Å². The summed E-state index contributed by atoms with van der Waals surface area (Å²) in [6.07, 6.45) is -0.220. The molecule has 0 saturated carbocycles. The molecule has 2 aromatic carbocycles. The van der Waals surface area contributed by atoms with Crippen LogP contribution in [0.4, 0.5) is 11.4 Å². The lowest BCUT2D eigenvalue weighted by molar-refractivity contribution is -0.147. The van der Waals surface area contributed by atoms with Crippen LogP contribution >= 0.6 is 0 Å². The van der Waals surface area contributed by atoms with E-state index in [1.54, 1.807) is 36.4 Å². The normalized spacial score (nSPS) is 10.1. The van der Waals surface area contributed by atoms with Gasteiger partial charge in [-0.2, -0.15) is 0 Å². The Bertz CT molecular complexity index is 875. The summed E-state index contributed by atoms with van der Waals surface area (Å²) in [6, 6.07) is 13.7. The van der Waals surface area contributed by atoms with Crippen molar-refractivity contribution in [1.82, 2.24) is 0 Å². The van der Waals surface area contributed by atoms with Gasteiger partial charge in [0.15, 0.2) is 12.4 Å². The van der Waals surface area contributed by atoms with Crippen LogP contribution in [-0.2, 0) is 19.1 Å². The van der Waals surface area contributed by atoms with Crippen molar-refractivity contribution in [1.29, 1.82) is 0 Å². The summed E-state index contributed by atoms with van der Waals surface area (Å²) in [5.41, 5.74) is 2.69. The van der Waals surface area contributed by atoms with Crippen LogP contribution in [0.5, 0.6) is 0 Å². The van der Waals surface area contributed by atoms with Crippen LogP contribution in [0.15, 0.2) is 48.5 Å². The predicted molar refractivity (Wildman–Crippen MR) is 105 cm³/mol. The second kappa shape index (κ2) is 10.0. The fourth-order valence-electron chi connectivity index (χ4n) is 2.37. The van der Waals surface area contributed by atoms with Crippen molar-refractivity contribution in [3.05, 3.63) is 59.7 Å². The molecular weight excluding hydrogens is 360 g/mol. The molecule has 2 N–H and O–H groups in total. The molecule has 0 radical (unpaired) electrons. The smallest absolute Gasteiger partial charge is 0.306 e. The van der Waals surface area contributed by atoms with Crippen LogP contribution in [0, 0.1) is 6.92 Å². The number of carbonyl (C=O) groups excluding carboxylic acids is 4. The molecule has 7 nitrogen and oxygen atoms in total. The zero-order chi connectivity index (χ0) is 20.5. The van der Waals surface area contributed by atoms with Crippen molar-refractivity contribution in [3.63, 3.8) is 0 Å². The number of carbonyl (C=O) groups is 4. The molecule has 146 valence electrons. The molecule has 0 saturated heterocycles. The van der Waals surface area contributed by atoms with E-state index in [1.165, 1.54) is 6.92 Å². The molecule has 2 aromatic rings. The van der Waals surface area contributed by atoms with Gasteiger partial charge in [-0.15, -0.1) is 0 Å². The number of benzene rings is 2. The van der Waals surface area contributed by atoms with E-state index >= 15 is 0 Å². The summed E-state index contributed by atoms with van der Waals surface area (Å²) in [7, 11) is 0. The summed E-state index contributed by atoms with van der Waals surface area (Å²) in [4.78, 5) is 46.6. The van der Waals surface area contributed by atoms with Crippen molar-refractivity contribution in [2.24, 2.45) is 0 Å². The molecule has 0 fully saturated rings. The lowest BCUT2D eigenvalue weighted by atomic mass is 10.1. The van der Waals surface area contributed by atoms with E-state index in [9.17, 15) is 19.2 Å². The van der Waals surface area contributed by atoms with Gasteiger partial charge in [-0.25, -0.2) is 0 Å². The second-order valence-corrected chi connectivity index (χ2v) is 6.26. The van der Waals surface area contributed by atoms with E-state index in [2.05, 4.69) is 10.6 Å². The van der Waals surface area contributed by atoms with Crippen LogP contribution < -0.4 is 10.6 Å². The van der Waals surface area contributed by atoms with Crippen molar-refractivity contribution in [2.75, 3.05) is 17.2 Å². The van der Waals surface area contributed by atoms with Crippen molar-refractivity contribution < 1.29 is 23.9 Å². The Hall–Kier alpha value is -3.48. The van der Waals surface area contributed by atoms with Crippen molar-refractivity contribution in [3.8, 4) is 0 Å². The number of esters is 1. The summed E-state index contributed by atoms with van der Waals surface area (Å²) in [5, 5.41) is 5.26. The topological polar surface area (TPSA) is 102 Å². The SMILES string of the molecule is CC(=O)c1ccc(NC(=O)CCC(=O)OCC(=O)Nc2cccc(C)c2)cc1. The molecule has 2 rings (SSSR count). The Morgan fingerprint density at radius 1 is 0.857 bits per heavy atom. The zero-order valence-corrected chi connectivity index (χ0v) is 15.8. The Morgan fingerprint density at radius 2 is 1.54 bits per heavy atom. The maximum atomic E-state index is 11.9. The Labute approximate surface area is 163 Å². The third kappa shape index (κ3) is 7.03. The van der Waals surface area contributed by atoms with Crippen LogP contribution in [0.1, 0.15) is 35.7 Å². The maximum Gasteiger partial charge on any atom is 0.306 e. The Balaban J connectivity index is 1.69. The summed E-state index contributed by atoms with van der Waals surface area (Å²) in [6.45, 7) is 2.94. The first kappa shape index (κ1) is 20.8. The molecule has 0 aliphatic rings. The van der Waals surface area contributed by atoms with E-state index in [0.29, 0.717) is 16.9 Å². The van der Waals surface area contributed by atoms with Crippen LogP contribution in [0.2, 0.25) is 0 Å². The number of ketones is 1. The Kier molecular flexibility index (Phi) is 7.45. The fourth-order valence-corrected chi connectivity index (χ4v) is 2.37. The molecular formula is C21H22N2O5. The number of hydrogen-bond acceptors (Lipinski definition) is 5. The van der Waals surface area contributed by atoms with Gasteiger partial charge in [0.1, 0.15) is 0 Å². The highest BCUT2D eigenvalue weighted by atomic mass is 16.5. The third-order valence-electron chi connectivity index (χ3n) is 3.80. The minimum atomic E-state index is -0.638. The second-order valence-electron chi connectivity index (χ2n) is 6.26. The minimum absolute atomic E-state index is 0.0629. The molecule has 7 heteroatoms. The number of nitrogens with one attached hydrogen (secondary N) is 2. The van der Waals surface area contributed by atoms with E-state index in [1.807, 2.05) is 19.1 Å². The zero-order valence-electron chi connectivity index (χ0n) is 15.8. The molecule has 0 aromatic heterocycles. The molecule has 0 heterocycles. The van der Waals surface area contributed by atoms with Gasteiger partial charge in [-0.05, 0) is 55.8 Å². The average molecular weight is 382 g/mol. The lowest BCUT2D eigenvalue weighted by Crippen LogP contribution is -2.21. The molecule has 0 aliphatic heterocycles. The first-order chi connectivity index (χ1) is 13.3. The fraction of sp³-hybridized carbons (Fsp3) is 0.238. The molecule has 0 unspecified atom stereocenters. The number of rotatable bonds is 8. The van der Waals surface area contributed by atoms with Crippen molar-refractivity contribution in [2.45, 2.75) is 26.7 Å². The highest BCUT2D eigenvalue weighted by molar-refractivity contribution is 5.96. The van der Waals surface area contributed by atoms with Gasteiger partial charge < -0.3 is 15.4 Å². The highest BCUT2D eigenvalue weighted by Crippen LogP contribution is 2.11. The quantitative estimate of drug-likeness (QED) is 0.540.